The van der Waals surface area contributed by atoms with Crippen molar-refractivity contribution < 1.29 is 4.79 Å². The molecule has 0 aromatic heterocycles. The number of hydrogen-bond donors (Lipinski definition) is 2. The van der Waals surface area contributed by atoms with Crippen molar-refractivity contribution in [3.63, 3.8) is 0 Å². The molecule has 2 N–H and O–H groups in total. The van der Waals surface area contributed by atoms with Gasteiger partial charge in [-0.1, -0.05) is 40.0 Å². The van der Waals surface area contributed by atoms with Gasteiger partial charge in [-0.2, -0.15) is 0 Å². The van der Waals surface area contributed by atoms with Gasteiger partial charge in [-0.15, -0.1) is 0 Å². The Bertz CT molecular complexity index is 202. The molecule has 1 rings (SSSR count). The number of amides is 2. The summed E-state index contributed by atoms with van der Waals surface area (Å²) in [7, 11) is 0. The third kappa shape index (κ3) is 5.65. The van der Waals surface area contributed by atoms with E-state index in [1.165, 1.54) is 19.3 Å². The van der Waals surface area contributed by atoms with Crippen molar-refractivity contribution in [3.8, 4) is 0 Å². The normalized spacial score (nSPS) is 18.6. The lowest BCUT2D eigenvalue weighted by molar-refractivity contribution is 0.227. The van der Waals surface area contributed by atoms with E-state index in [4.69, 9.17) is 0 Å². The summed E-state index contributed by atoms with van der Waals surface area (Å²) >= 11 is 0. The maximum absolute atomic E-state index is 11.5. The number of hydrogen-bond acceptors (Lipinski definition) is 1. The van der Waals surface area contributed by atoms with Crippen molar-refractivity contribution in [1.29, 1.82) is 0 Å². The molecule has 0 atom stereocenters. The molecule has 1 saturated carbocycles. The van der Waals surface area contributed by atoms with Crippen LogP contribution < -0.4 is 10.6 Å². The SMILES string of the molecule is CC(C)(C)CNC(=O)NC1CCCCC1. The number of carbonyl (C=O) groups excluding carboxylic acids is 1. The van der Waals surface area contributed by atoms with Crippen LogP contribution in [0.5, 0.6) is 0 Å². The summed E-state index contributed by atoms with van der Waals surface area (Å²) in [5, 5.41) is 5.96. The molecule has 0 unspecified atom stereocenters. The van der Waals surface area contributed by atoms with Gasteiger partial charge >= 0.3 is 6.03 Å². The monoisotopic (exact) mass is 212 g/mol. The van der Waals surface area contributed by atoms with Crippen molar-refractivity contribution >= 4 is 6.03 Å². The lowest BCUT2D eigenvalue weighted by Crippen LogP contribution is -2.45. The van der Waals surface area contributed by atoms with Gasteiger partial charge in [-0.3, -0.25) is 0 Å². The Labute approximate surface area is 93.0 Å². The highest BCUT2D eigenvalue weighted by Gasteiger charge is 2.17. The average molecular weight is 212 g/mol. The number of nitrogens with one attached hydrogen (secondary N) is 2. The fraction of sp³-hybridized carbons (Fsp3) is 0.917. The Morgan fingerprint density at radius 1 is 1.20 bits per heavy atom. The molecule has 3 nitrogen and oxygen atoms in total. The van der Waals surface area contributed by atoms with Crippen molar-refractivity contribution in [2.45, 2.75) is 58.9 Å². The van der Waals surface area contributed by atoms with Gasteiger partial charge in [-0.25, -0.2) is 4.79 Å². The van der Waals surface area contributed by atoms with Crippen molar-refractivity contribution in [2.24, 2.45) is 5.41 Å². The van der Waals surface area contributed by atoms with Crippen LogP contribution in [0.4, 0.5) is 4.79 Å². The lowest BCUT2D eigenvalue weighted by Gasteiger charge is -2.24. The first-order valence-electron chi connectivity index (χ1n) is 6.02. The van der Waals surface area contributed by atoms with Crippen LogP contribution in [0, 0.1) is 5.41 Å². The predicted molar refractivity (Wildman–Crippen MR) is 62.9 cm³/mol. The van der Waals surface area contributed by atoms with Gasteiger partial charge < -0.3 is 10.6 Å². The van der Waals surface area contributed by atoms with Gasteiger partial charge in [-0.05, 0) is 18.3 Å². The smallest absolute Gasteiger partial charge is 0.315 e. The first-order chi connectivity index (χ1) is 6.97. The largest absolute Gasteiger partial charge is 0.338 e. The Balaban J connectivity index is 2.17. The Morgan fingerprint density at radius 3 is 2.33 bits per heavy atom. The average Bonchev–Trinajstić information content (AvgIpc) is 2.15. The molecule has 1 aliphatic carbocycles. The van der Waals surface area contributed by atoms with E-state index in [2.05, 4.69) is 31.4 Å². The summed E-state index contributed by atoms with van der Waals surface area (Å²) in [5.74, 6) is 0. The van der Waals surface area contributed by atoms with E-state index in [0.717, 1.165) is 19.4 Å². The molecule has 3 heteroatoms. The zero-order valence-electron chi connectivity index (χ0n) is 10.2. The minimum atomic E-state index is -0.00294. The predicted octanol–water partition coefficient (Wildman–Crippen LogP) is 2.66. The van der Waals surface area contributed by atoms with Crippen LogP contribution in [0.3, 0.4) is 0 Å². The molecule has 0 bridgehead atoms. The number of carbonyl (C=O) groups is 1. The van der Waals surface area contributed by atoms with E-state index >= 15 is 0 Å². The minimum absolute atomic E-state index is 0.00294. The third-order valence-electron chi connectivity index (χ3n) is 2.72. The van der Waals surface area contributed by atoms with E-state index < -0.39 is 0 Å². The second-order valence-corrected chi connectivity index (χ2v) is 5.72. The Hall–Kier alpha value is -0.730. The lowest BCUT2D eigenvalue weighted by atomic mass is 9.95. The summed E-state index contributed by atoms with van der Waals surface area (Å²) in [6.45, 7) is 7.08. The van der Waals surface area contributed by atoms with Gasteiger partial charge in [0.2, 0.25) is 0 Å². The van der Waals surface area contributed by atoms with Crippen LogP contribution in [0.25, 0.3) is 0 Å². The van der Waals surface area contributed by atoms with Crippen LogP contribution in [0.2, 0.25) is 0 Å². The number of urea groups is 1. The van der Waals surface area contributed by atoms with E-state index in [9.17, 15) is 4.79 Å². The van der Waals surface area contributed by atoms with Gasteiger partial charge in [0.15, 0.2) is 0 Å². The minimum Gasteiger partial charge on any atom is -0.338 e. The maximum Gasteiger partial charge on any atom is 0.315 e. The topological polar surface area (TPSA) is 41.1 Å². The molecule has 0 aliphatic heterocycles. The highest BCUT2D eigenvalue weighted by atomic mass is 16.2. The van der Waals surface area contributed by atoms with Crippen molar-refractivity contribution in [2.75, 3.05) is 6.54 Å². The van der Waals surface area contributed by atoms with E-state index in [1.54, 1.807) is 0 Å². The second-order valence-electron chi connectivity index (χ2n) is 5.72. The molecule has 0 aromatic rings. The van der Waals surface area contributed by atoms with Gasteiger partial charge in [0, 0.05) is 12.6 Å². The molecule has 0 heterocycles. The molecule has 15 heavy (non-hydrogen) atoms. The summed E-state index contributed by atoms with van der Waals surface area (Å²) in [6, 6.07) is 0.399. The molecule has 88 valence electrons. The standard InChI is InChI=1S/C12H24N2O/c1-12(2,3)9-13-11(15)14-10-7-5-4-6-8-10/h10H,4-9H2,1-3H3,(H2,13,14,15). The molecule has 0 spiro atoms. The molecular weight excluding hydrogens is 188 g/mol. The third-order valence-corrected chi connectivity index (χ3v) is 2.72. The van der Waals surface area contributed by atoms with Crippen LogP contribution in [-0.2, 0) is 0 Å². The summed E-state index contributed by atoms with van der Waals surface area (Å²) in [6.07, 6.45) is 6.11. The first-order valence-corrected chi connectivity index (χ1v) is 6.02. The molecular formula is C12H24N2O. The Kier molecular flexibility index (Phi) is 4.43. The second kappa shape index (κ2) is 5.38. The van der Waals surface area contributed by atoms with E-state index in [0.29, 0.717) is 6.04 Å². The van der Waals surface area contributed by atoms with E-state index in [1.807, 2.05) is 0 Å². The summed E-state index contributed by atoms with van der Waals surface area (Å²) in [4.78, 5) is 11.5. The summed E-state index contributed by atoms with van der Waals surface area (Å²) < 4.78 is 0. The van der Waals surface area contributed by atoms with Crippen molar-refractivity contribution in [3.05, 3.63) is 0 Å². The van der Waals surface area contributed by atoms with Crippen molar-refractivity contribution in [1.82, 2.24) is 10.6 Å². The quantitative estimate of drug-likeness (QED) is 0.726. The molecule has 0 saturated heterocycles. The highest BCUT2D eigenvalue weighted by molar-refractivity contribution is 5.74. The molecule has 1 fully saturated rings. The van der Waals surface area contributed by atoms with E-state index in [-0.39, 0.29) is 11.4 Å². The van der Waals surface area contributed by atoms with Gasteiger partial charge in [0.25, 0.3) is 0 Å². The zero-order chi connectivity index (χ0) is 11.3. The highest BCUT2D eigenvalue weighted by Crippen LogP contribution is 2.17. The van der Waals surface area contributed by atoms with Crippen LogP contribution in [0.15, 0.2) is 0 Å². The Morgan fingerprint density at radius 2 is 1.80 bits per heavy atom. The van der Waals surface area contributed by atoms with Gasteiger partial charge in [0.05, 0.1) is 0 Å². The molecule has 1 aliphatic rings. The first kappa shape index (κ1) is 12.3. The molecule has 2 amide bonds. The van der Waals surface area contributed by atoms with Crippen LogP contribution >= 0.6 is 0 Å². The van der Waals surface area contributed by atoms with Crippen LogP contribution in [0.1, 0.15) is 52.9 Å². The van der Waals surface area contributed by atoms with Crippen LogP contribution in [-0.4, -0.2) is 18.6 Å². The summed E-state index contributed by atoms with van der Waals surface area (Å²) in [5.41, 5.74) is 0.157. The van der Waals surface area contributed by atoms with Gasteiger partial charge in [0.1, 0.15) is 0 Å². The fourth-order valence-corrected chi connectivity index (χ4v) is 1.83. The molecule has 0 radical (unpaired) electrons. The maximum atomic E-state index is 11.5. The number of rotatable bonds is 2. The fourth-order valence-electron chi connectivity index (χ4n) is 1.83. The molecule has 0 aromatic carbocycles. The zero-order valence-corrected chi connectivity index (χ0v) is 10.2.